The van der Waals surface area contributed by atoms with Gasteiger partial charge in [0.05, 0.1) is 5.56 Å². The van der Waals surface area contributed by atoms with E-state index in [4.69, 9.17) is 5.73 Å². The zero-order chi connectivity index (χ0) is 19.5. The fourth-order valence-electron chi connectivity index (χ4n) is 4.53. The van der Waals surface area contributed by atoms with E-state index in [-0.39, 0.29) is 11.6 Å². The fraction of sp³-hybridized carbons (Fsp3) is 0.409. The van der Waals surface area contributed by atoms with Crippen LogP contribution in [0.25, 0.3) is 0 Å². The van der Waals surface area contributed by atoms with Gasteiger partial charge in [0.25, 0.3) is 11.8 Å². The van der Waals surface area contributed by atoms with Crippen molar-refractivity contribution in [3.8, 4) is 0 Å². The second-order valence-electron chi connectivity index (χ2n) is 7.84. The lowest BCUT2D eigenvalue weighted by atomic mass is 10.0. The number of benzene rings is 1. The number of nitrogens with zero attached hydrogens (tertiary/aromatic N) is 3. The van der Waals surface area contributed by atoms with E-state index in [1.54, 1.807) is 12.1 Å². The van der Waals surface area contributed by atoms with Crippen LogP contribution in [0.1, 0.15) is 32.8 Å². The highest BCUT2D eigenvalue weighted by atomic mass is 16.2. The molecule has 1 aromatic heterocycles. The molecule has 0 saturated carbocycles. The van der Waals surface area contributed by atoms with Crippen LogP contribution in [0.4, 0.5) is 0 Å². The maximum Gasteiger partial charge on any atom is 0.268 e. The number of hydrogen-bond acceptors (Lipinski definition) is 4. The standard InChI is InChI=1S/C22H26N4O2/c23-21(27)20-19(9-4-10-24-20)22(28)26-14-17-12-25(13-18(17)15-26)11-5-8-16-6-2-1-3-7-16/h1-4,6-7,9-10,17-18H,5,8,11-15H2,(H2,23,27)/t17-,18?/m0/s1. The minimum absolute atomic E-state index is 0.0621. The number of pyridine rings is 1. The summed E-state index contributed by atoms with van der Waals surface area (Å²) in [4.78, 5) is 32.8. The SMILES string of the molecule is NC(=O)c1ncccc1C(=O)N1CC2CN(CCCc3ccccc3)C[C@H]2C1. The summed E-state index contributed by atoms with van der Waals surface area (Å²) in [6.07, 6.45) is 3.75. The van der Waals surface area contributed by atoms with Gasteiger partial charge in [-0.1, -0.05) is 30.3 Å². The van der Waals surface area contributed by atoms with E-state index in [9.17, 15) is 9.59 Å². The Labute approximate surface area is 165 Å². The molecule has 2 aliphatic heterocycles. The van der Waals surface area contributed by atoms with Gasteiger partial charge in [0, 0.05) is 32.4 Å². The fourth-order valence-corrected chi connectivity index (χ4v) is 4.53. The largest absolute Gasteiger partial charge is 0.364 e. The summed E-state index contributed by atoms with van der Waals surface area (Å²) < 4.78 is 0. The molecule has 1 aromatic carbocycles. The molecule has 2 aromatic rings. The van der Waals surface area contributed by atoms with Crippen molar-refractivity contribution in [2.75, 3.05) is 32.7 Å². The van der Waals surface area contributed by atoms with Crippen LogP contribution in [0, 0.1) is 11.8 Å². The van der Waals surface area contributed by atoms with Crippen molar-refractivity contribution >= 4 is 11.8 Å². The number of aryl methyl sites for hydroxylation is 1. The Kier molecular flexibility index (Phi) is 5.39. The lowest BCUT2D eigenvalue weighted by Crippen LogP contribution is -2.35. The molecule has 2 fully saturated rings. The van der Waals surface area contributed by atoms with Crippen LogP contribution in [0.5, 0.6) is 0 Å². The normalized spacial score (nSPS) is 21.6. The molecular weight excluding hydrogens is 352 g/mol. The Morgan fingerprint density at radius 2 is 1.71 bits per heavy atom. The van der Waals surface area contributed by atoms with Crippen molar-refractivity contribution < 1.29 is 9.59 Å². The average Bonchev–Trinajstić information content (AvgIpc) is 3.27. The number of fused-ring (bicyclic) bond motifs is 1. The van der Waals surface area contributed by atoms with Crippen LogP contribution in [0.2, 0.25) is 0 Å². The van der Waals surface area contributed by atoms with Crippen molar-refractivity contribution in [2.45, 2.75) is 12.8 Å². The Morgan fingerprint density at radius 1 is 1.00 bits per heavy atom. The zero-order valence-corrected chi connectivity index (χ0v) is 16.0. The maximum atomic E-state index is 12.9. The van der Waals surface area contributed by atoms with Crippen molar-refractivity contribution in [1.82, 2.24) is 14.8 Å². The third-order valence-electron chi connectivity index (χ3n) is 5.90. The minimum atomic E-state index is -0.659. The molecule has 6 heteroatoms. The Hall–Kier alpha value is -2.73. The Morgan fingerprint density at radius 3 is 2.39 bits per heavy atom. The van der Waals surface area contributed by atoms with E-state index in [1.165, 1.54) is 11.8 Å². The number of hydrogen-bond donors (Lipinski definition) is 1. The van der Waals surface area contributed by atoms with Crippen LogP contribution in [-0.2, 0) is 6.42 Å². The molecule has 4 rings (SSSR count). The van der Waals surface area contributed by atoms with Gasteiger partial charge in [-0.2, -0.15) is 0 Å². The third kappa shape index (κ3) is 3.92. The van der Waals surface area contributed by atoms with Gasteiger partial charge in [-0.05, 0) is 48.9 Å². The molecule has 6 nitrogen and oxygen atoms in total. The van der Waals surface area contributed by atoms with Gasteiger partial charge in [-0.15, -0.1) is 0 Å². The van der Waals surface area contributed by atoms with E-state index in [0.717, 1.165) is 45.6 Å². The summed E-state index contributed by atoms with van der Waals surface area (Å²) in [5, 5.41) is 0. The summed E-state index contributed by atoms with van der Waals surface area (Å²) in [6.45, 7) is 4.67. The van der Waals surface area contributed by atoms with Crippen LogP contribution >= 0.6 is 0 Å². The second kappa shape index (κ2) is 8.10. The number of amides is 2. The molecular formula is C22H26N4O2. The molecule has 0 bridgehead atoms. The van der Waals surface area contributed by atoms with Crippen LogP contribution in [0.3, 0.4) is 0 Å². The molecule has 1 unspecified atom stereocenters. The van der Waals surface area contributed by atoms with Gasteiger partial charge in [0.15, 0.2) is 0 Å². The molecule has 3 heterocycles. The Balaban J connectivity index is 1.29. The van der Waals surface area contributed by atoms with Crippen LogP contribution in [0.15, 0.2) is 48.7 Å². The van der Waals surface area contributed by atoms with E-state index in [1.807, 2.05) is 4.90 Å². The summed E-state index contributed by atoms with van der Waals surface area (Å²) in [7, 11) is 0. The summed E-state index contributed by atoms with van der Waals surface area (Å²) in [6, 6.07) is 13.9. The first-order valence-corrected chi connectivity index (χ1v) is 9.92. The molecule has 28 heavy (non-hydrogen) atoms. The van der Waals surface area contributed by atoms with Gasteiger partial charge < -0.3 is 15.5 Å². The monoisotopic (exact) mass is 378 g/mol. The van der Waals surface area contributed by atoms with E-state index < -0.39 is 5.91 Å². The first-order chi connectivity index (χ1) is 13.6. The smallest absolute Gasteiger partial charge is 0.268 e. The lowest BCUT2D eigenvalue weighted by molar-refractivity contribution is 0.0767. The molecule has 146 valence electrons. The second-order valence-corrected chi connectivity index (χ2v) is 7.84. The Bertz CT molecular complexity index is 841. The summed E-state index contributed by atoms with van der Waals surface area (Å²) in [5.74, 6) is 0.226. The average molecular weight is 378 g/mol. The van der Waals surface area contributed by atoms with Crippen molar-refractivity contribution in [3.63, 3.8) is 0 Å². The maximum absolute atomic E-state index is 12.9. The number of nitrogens with two attached hydrogens (primary N) is 1. The molecule has 2 aliphatic rings. The number of carbonyl (C=O) groups excluding carboxylic acids is 2. The highest BCUT2D eigenvalue weighted by molar-refractivity contribution is 6.05. The third-order valence-corrected chi connectivity index (χ3v) is 5.90. The van der Waals surface area contributed by atoms with Gasteiger partial charge >= 0.3 is 0 Å². The van der Waals surface area contributed by atoms with Gasteiger partial charge in [-0.3, -0.25) is 14.6 Å². The molecule has 2 atom stereocenters. The van der Waals surface area contributed by atoms with E-state index >= 15 is 0 Å². The number of rotatable bonds is 6. The zero-order valence-electron chi connectivity index (χ0n) is 16.0. The van der Waals surface area contributed by atoms with Crippen LogP contribution < -0.4 is 5.73 Å². The predicted molar refractivity (Wildman–Crippen MR) is 107 cm³/mol. The lowest BCUT2D eigenvalue weighted by Gasteiger charge is -2.22. The molecule has 0 aliphatic carbocycles. The van der Waals surface area contributed by atoms with Crippen molar-refractivity contribution in [1.29, 1.82) is 0 Å². The van der Waals surface area contributed by atoms with E-state index in [2.05, 4.69) is 40.2 Å². The van der Waals surface area contributed by atoms with Gasteiger partial charge in [-0.25, -0.2) is 0 Å². The predicted octanol–water partition coefficient (Wildman–Crippen LogP) is 1.82. The highest BCUT2D eigenvalue weighted by Crippen LogP contribution is 2.32. The molecule has 2 N–H and O–H groups in total. The number of aromatic nitrogens is 1. The number of primary amides is 1. The van der Waals surface area contributed by atoms with Crippen molar-refractivity contribution in [2.24, 2.45) is 17.6 Å². The molecule has 0 radical (unpaired) electrons. The highest BCUT2D eigenvalue weighted by Gasteiger charge is 2.41. The van der Waals surface area contributed by atoms with Crippen LogP contribution in [-0.4, -0.2) is 59.3 Å². The number of likely N-dealkylation sites (tertiary alicyclic amines) is 2. The molecule has 2 saturated heterocycles. The first-order valence-electron chi connectivity index (χ1n) is 9.92. The molecule has 0 spiro atoms. The minimum Gasteiger partial charge on any atom is -0.364 e. The quantitative estimate of drug-likeness (QED) is 0.832. The summed E-state index contributed by atoms with van der Waals surface area (Å²) in [5.41, 5.74) is 7.14. The van der Waals surface area contributed by atoms with Gasteiger partial charge in [0.1, 0.15) is 5.69 Å². The van der Waals surface area contributed by atoms with Gasteiger partial charge in [0.2, 0.25) is 0 Å². The summed E-state index contributed by atoms with van der Waals surface area (Å²) >= 11 is 0. The topological polar surface area (TPSA) is 79.5 Å². The first kappa shape index (κ1) is 18.6. The number of carbonyl (C=O) groups is 2. The molecule has 2 amide bonds. The van der Waals surface area contributed by atoms with Crippen molar-refractivity contribution in [3.05, 3.63) is 65.5 Å². The van der Waals surface area contributed by atoms with E-state index in [0.29, 0.717) is 17.4 Å².